The molecule has 3 aromatic rings. The van der Waals surface area contributed by atoms with Crippen molar-refractivity contribution in [1.29, 1.82) is 0 Å². The van der Waals surface area contributed by atoms with Crippen molar-refractivity contribution in [2.45, 2.75) is 32.7 Å². The molecule has 0 fully saturated rings. The predicted octanol–water partition coefficient (Wildman–Crippen LogP) is 4.66. The van der Waals surface area contributed by atoms with Gasteiger partial charge in [-0.1, -0.05) is 32.9 Å². The van der Waals surface area contributed by atoms with Gasteiger partial charge in [0, 0.05) is 11.3 Å². The minimum atomic E-state index is 0.138. The van der Waals surface area contributed by atoms with Crippen LogP contribution < -0.4 is 14.8 Å². The number of methoxy groups -OCH3 is 2. The van der Waals surface area contributed by atoms with E-state index in [0.717, 1.165) is 11.3 Å². The van der Waals surface area contributed by atoms with Gasteiger partial charge in [-0.15, -0.1) is 10.2 Å². The summed E-state index contributed by atoms with van der Waals surface area (Å²) < 4.78 is 16.3. The maximum Gasteiger partial charge on any atom is 0.247 e. The first-order chi connectivity index (χ1) is 12.9. The number of rotatable bonds is 6. The highest BCUT2D eigenvalue weighted by atomic mass is 16.5. The molecule has 1 heterocycles. The number of anilines is 1. The summed E-state index contributed by atoms with van der Waals surface area (Å²) in [5, 5.41) is 11.5. The van der Waals surface area contributed by atoms with Gasteiger partial charge in [0.2, 0.25) is 11.8 Å². The zero-order valence-electron chi connectivity index (χ0n) is 16.4. The summed E-state index contributed by atoms with van der Waals surface area (Å²) in [5.41, 5.74) is 3.22. The number of ether oxygens (including phenoxy) is 2. The molecule has 0 saturated carbocycles. The number of nitrogens with zero attached hydrogens (tertiary/aromatic N) is 2. The SMILES string of the molecule is COc1ccc(-c2nnc(CNc3ccc(C(C)(C)C)cc3)o2)cc1OC. The Bertz CT molecular complexity index is 896. The number of hydrogen-bond donors (Lipinski definition) is 1. The molecule has 0 aliphatic carbocycles. The van der Waals surface area contributed by atoms with Gasteiger partial charge in [-0.25, -0.2) is 0 Å². The van der Waals surface area contributed by atoms with Gasteiger partial charge in [-0.2, -0.15) is 0 Å². The van der Waals surface area contributed by atoms with E-state index in [0.29, 0.717) is 29.8 Å². The summed E-state index contributed by atoms with van der Waals surface area (Å²) in [6.07, 6.45) is 0. The summed E-state index contributed by atoms with van der Waals surface area (Å²) in [4.78, 5) is 0. The molecule has 6 heteroatoms. The molecule has 1 N–H and O–H groups in total. The minimum absolute atomic E-state index is 0.138. The zero-order valence-corrected chi connectivity index (χ0v) is 16.4. The van der Waals surface area contributed by atoms with E-state index in [2.05, 4.69) is 60.6 Å². The highest BCUT2D eigenvalue weighted by molar-refractivity contribution is 5.59. The van der Waals surface area contributed by atoms with Gasteiger partial charge in [0.05, 0.1) is 20.8 Å². The van der Waals surface area contributed by atoms with Crippen molar-refractivity contribution < 1.29 is 13.9 Å². The molecule has 0 radical (unpaired) electrons. The summed E-state index contributed by atoms with van der Waals surface area (Å²) in [6.45, 7) is 7.05. The van der Waals surface area contributed by atoms with Crippen LogP contribution in [0.4, 0.5) is 5.69 Å². The molecule has 0 amide bonds. The third-order valence-corrected chi connectivity index (χ3v) is 4.29. The van der Waals surface area contributed by atoms with Crippen LogP contribution in [0.1, 0.15) is 32.2 Å². The quantitative estimate of drug-likeness (QED) is 0.683. The molecule has 2 aromatic carbocycles. The lowest BCUT2D eigenvalue weighted by Crippen LogP contribution is -2.10. The summed E-state index contributed by atoms with van der Waals surface area (Å²) >= 11 is 0. The Morgan fingerprint density at radius 2 is 1.63 bits per heavy atom. The Hall–Kier alpha value is -3.02. The summed E-state index contributed by atoms with van der Waals surface area (Å²) in [7, 11) is 3.19. The van der Waals surface area contributed by atoms with E-state index >= 15 is 0 Å². The van der Waals surface area contributed by atoms with Crippen molar-refractivity contribution in [2.75, 3.05) is 19.5 Å². The van der Waals surface area contributed by atoms with Crippen LogP contribution in [0.25, 0.3) is 11.5 Å². The smallest absolute Gasteiger partial charge is 0.247 e. The van der Waals surface area contributed by atoms with Crippen LogP contribution in [0.15, 0.2) is 46.9 Å². The van der Waals surface area contributed by atoms with E-state index in [-0.39, 0.29) is 5.41 Å². The standard InChI is InChI=1S/C21H25N3O3/c1-21(2,3)15-7-9-16(10-8-15)22-13-19-23-24-20(27-19)14-6-11-17(25-4)18(12-14)26-5/h6-12,22H,13H2,1-5H3. The fraction of sp³-hybridized carbons (Fsp3) is 0.333. The molecule has 1 aromatic heterocycles. The van der Waals surface area contributed by atoms with Crippen molar-refractivity contribution in [3.63, 3.8) is 0 Å². The van der Waals surface area contributed by atoms with Gasteiger partial charge in [0.25, 0.3) is 0 Å². The van der Waals surface area contributed by atoms with Crippen molar-refractivity contribution in [3.05, 3.63) is 53.9 Å². The third-order valence-electron chi connectivity index (χ3n) is 4.29. The molecule has 0 saturated heterocycles. The molecule has 0 aliphatic rings. The second-order valence-electron chi connectivity index (χ2n) is 7.25. The molecular weight excluding hydrogens is 342 g/mol. The van der Waals surface area contributed by atoms with E-state index in [1.165, 1.54) is 5.56 Å². The van der Waals surface area contributed by atoms with Crippen molar-refractivity contribution in [2.24, 2.45) is 0 Å². The van der Waals surface area contributed by atoms with Gasteiger partial charge in [0.15, 0.2) is 11.5 Å². The average Bonchev–Trinajstić information content (AvgIpc) is 3.14. The second-order valence-corrected chi connectivity index (χ2v) is 7.25. The zero-order chi connectivity index (χ0) is 19.4. The largest absolute Gasteiger partial charge is 0.493 e. The Morgan fingerprint density at radius 3 is 2.26 bits per heavy atom. The molecule has 0 atom stereocenters. The minimum Gasteiger partial charge on any atom is -0.493 e. The topological polar surface area (TPSA) is 69.4 Å². The first kappa shape index (κ1) is 18.8. The number of hydrogen-bond acceptors (Lipinski definition) is 6. The molecule has 6 nitrogen and oxygen atoms in total. The third kappa shape index (κ3) is 4.39. The van der Waals surface area contributed by atoms with Crippen molar-refractivity contribution in [1.82, 2.24) is 10.2 Å². The molecule has 3 rings (SSSR count). The molecule has 0 bridgehead atoms. The van der Waals surface area contributed by atoms with Crippen LogP contribution >= 0.6 is 0 Å². The van der Waals surface area contributed by atoms with Gasteiger partial charge < -0.3 is 19.2 Å². The van der Waals surface area contributed by atoms with Gasteiger partial charge in [-0.05, 0) is 41.3 Å². The Kier molecular flexibility index (Phi) is 5.35. The number of nitrogens with one attached hydrogen (secondary N) is 1. The Morgan fingerprint density at radius 1 is 0.926 bits per heavy atom. The normalized spacial score (nSPS) is 11.3. The molecule has 0 spiro atoms. The monoisotopic (exact) mass is 367 g/mol. The van der Waals surface area contributed by atoms with Crippen LogP contribution in [0.5, 0.6) is 11.5 Å². The average molecular weight is 367 g/mol. The molecular formula is C21H25N3O3. The maximum absolute atomic E-state index is 5.76. The maximum atomic E-state index is 5.76. The van der Waals surface area contributed by atoms with Crippen molar-refractivity contribution >= 4 is 5.69 Å². The van der Waals surface area contributed by atoms with Gasteiger partial charge in [-0.3, -0.25) is 0 Å². The molecule has 27 heavy (non-hydrogen) atoms. The Balaban J connectivity index is 1.68. The molecule has 0 aliphatic heterocycles. The molecule has 142 valence electrons. The first-order valence-electron chi connectivity index (χ1n) is 8.80. The van der Waals surface area contributed by atoms with Gasteiger partial charge >= 0.3 is 0 Å². The van der Waals surface area contributed by atoms with E-state index < -0.39 is 0 Å². The highest BCUT2D eigenvalue weighted by Crippen LogP contribution is 2.31. The highest BCUT2D eigenvalue weighted by Gasteiger charge is 2.14. The van der Waals surface area contributed by atoms with Crippen LogP contribution in [0.3, 0.4) is 0 Å². The lowest BCUT2D eigenvalue weighted by Gasteiger charge is -2.19. The van der Waals surface area contributed by atoms with Crippen LogP contribution in [-0.2, 0) is 12.0 Å². The predicted molar refractivity (Wildman–Crippen MR) is 105 cm³/mol. The number of aromatic nitrogens is 2. The van der Waals surface area contributed by atoms with Gasteiger partial charge in [0.1, 0.15) is 0 Å². The van der Waals surface area contributed by atoms with E-state index in [9.17, 15) is 0 Å². The lowest BCUT2D eigenvalue weighted by molar-refractivity contribution is 0.355. The van der Waals surface area contributed by atoms with E-state index in [1.807, 2.05) is 18.2 Å². The molecule has 0 unspecified atom stereocenters. The summed E-state index contributed by atoms with van der Waals surface area (Å²) in [6, 6.07) is 13.9. The second kappa shape index (κ2) is 7.70. The fourth-order valence-electron chi connectivity index (χ4n) is 2.68. The Labute approximate surface area is 159 Å². The van der Waals surface area contributed by atoms with Crippen LogP contribution in [0, 0.1) is 0 Å². The summed E-state index contributed by atoms with van der Waals surface area (Å²) in [5.74, 6) is 2.23. The number of benzene rings is 2. The fourth-order valence-corrected chi connectivity index (χ4v) is 2.68. The first-order valence-corrected chi connectivity index (χ1v) is 8.80. The van der Waals surface area contributed by atoms with Crippen LogP contribution in [-0.4, -0.2) is 24.4 Å². The van der Waals surface area contributed by atoms with Crippen LogP contribution in [0.2, 0.25) is 0 Å². The van der Waals surface area contributed by atoms with E-state index in [1.54, 1.807) is 14.2 Å². The lowest BCUT2D eigenvalue weighted by atomic mass is 9.87. The van der Waals surface area contributed by atoms with E-state index in [4.69, 9.17) is 13.9 Å². The van der Waals surface area contributed by atoms with Crippen molar-refractivity contribution in [3.8, 4) is 23.0 Å².